The predicted octanol–water partition coefficient (Wildman–Crippen LogP) is 1.49. The van der Waals surface area contributed by atoms with E-state index in [2.05, 4.69) is 4.90 Å². The van der Waals surface area contributed by atoms with Crippen LogP contribution in [0.1, 0.15) is 16.8 Å². The summed E-state index contributed by atoms with van der Waals surface area (Å²) in [6, 6.07) is 7.35. The number of carbonyl (C=O) groups excluding carboxylic acids is 1. The van der Waals surface area contributed by atoms with Gasteiger partial charge in [-0.05, 0) is 36.6 Å². The Morgan fingerprint density at radius 2 is 1.95 bits per heavy atom. The summed E-state index contributed by atoms with van der Waals surface area (Å²) in [6.45, 7) is 6.42. The molecule has 2 saturated heterocycles. The number of carbonyl (C=O) groups is 1. The van der Waals surface area contributed by atoms with E-state index >= 15 is 0 Å². The van der Waals surface area contributed by atoms with Crippen molar-refractivity contribution in [1.82, 2.24) is 9.80 Å². The van der Waals surface area contributed by atoms with Gasteiger partial charge in [0.2, 0.25) is 0 Å². The summed E-state index contributed by atoms with van der Waals surface area (Å²) in [4.78, 5) is 16.9. The molecule has 22 heavy (non-hydrogen) atoms. The molecule has 0 aromatic heterocycles. The van der Waals surface area contributed by atoms with Crippen LogP contribution in [0.5, 0.6) is 5.75 Å². The van der Waals surface area contributed by atoms with Crippen molar-refractivity contribution in [3.05, 3.63) is 29.8 Å². The van der Waals surface area contributed by atoms with Crippen molar-refractivity contribution in [2.75, 3.05) is 53.0 Å². The monoisotopic (exact) mass is 304 g/mol. The first kappa shape index (κ1) is 15.3. The molecule has 0 bridgehead atoms. The lowest BCUT2D eigenvalue weighted by Gasteiger charge is -2.35. The molecule has 1 amide bonds. The molecule has 1 atom stereocenters. The molecule has 2 heterocycles. The Labute approximate surface area is 131 Å². The topological polar surface area (TPSA) is 42.0 Å². The van der Waals surface area contributed by atoms with Gasteiger partial charge in [0.05, 0.1) is 13.7 Å². The number of amides is 1. The van der Waals surface area contributed by atoms with Gasteiger partial charge >= 0.3 is 0 Å². The van der Waals surface area contributed by atoms with Crippen LogP contribution in [-0.2, 0) is 4.74 Å². The van der Waals surface area contributed by atoms with Gasteiger partial charge in [0.25, 0.3) is 5.91 Å². The first-order valence-corrected chi connectivity index (χ1v) is 7.99. The van der Waals surface area contributed by atoms with Crippen molar-refractivity contribution in [3.63, 3.8) is 0 Å². The first-order valence-electron chi connectivity index (χ1n) is 7.99. The van der Waals surface area contributed by atoms with Crippen LogP contribution in [0.15, 0.2) is 24.3 Å². The van der Waals surface area contributed by atoms with Crippen molar-refractivity contribution >= 4 is 5.91 Å². The molecule has 0 radical (unpaired) electrons. The van der Waals surface area contributed by atoms with E-state index in [0.29, 0.717) is 5.92 Å². The van der Waals surface area contributed by atoms with E-state index in [0.717, 1.165) is 57.3 Å². The van der Waals surface area contributed by atoms with E-state index in [1.54, 1.807) is 7.11 Å². The summed E-state index contributed by atoms with van der Waals surface area (Å²) in [7, 11) is 1.63. The summed E-state index contributed by atoms with van der Waals surface area (Å²) in [5.74, 6) is 1.57. The lowest BCUT2D eigenvalue weighted by atomic mass is 10.1. The van der Waals surface area contributed by atoms with E-state index in [1.165, 1.54) is 6.42 Å². The normalized spacial score (nSPS) is 22.8. The van der Waals surface area contributed by atoms with Gasteiger partial charge in [0, 0.05) is 44.9 Å². The minimum Gasteiger partial charge on any atom is -0.497 e. The van der Waals surface area contributed by atoms with Gasteiger partial charge in [-0.3, -0.25) is 9.69 Å². The largest absolute Gasteiger partial charge is 0.497 e. The Kier molecular flexibility index (Phi) is 4.95. The average molecular weight is 304 g/mol. The smallest absolute Gasteiger partial charge is 0.253 e. The molecule has 1 aromatic rings. The van der Waals surface area contributed by atoms with Crippen LogP contribution in [0.3, 0.4) is 0 Å². The van der Waals surface area contributed by atoms with Crippen molar-refractivity contribution < 1.29 is 14.3 Å². The third-order valence-electron chi connectivity index (χ3n) is 4.54. The number of hydrogen-bond acceptors (Lipinski definition) is 4. The molecule has 5 heteroatoms. The fourth-order valence-electron chi connectivity index (χ4n) is 3.14. The molecule has 3 rings (SSSR count). The molecule has 5 nitrogen and oxygen atoms in total. The molecule has 0 saturated carbocycles. The molecule has 0 N–H and O–H groups in total. The summed E-state index contributed by atoms with van der Waals surface area (Å²) < 4.78 is 10.6. The maximum atomic E-state index is 12.5. The zero-order valence-corrected chi connectivity index (χ0v) is 13.2. The molecule has 0 unspecified atom stereocenters. The highest BCUT2D eigenvalue weighted by atomic mass is 16.5. The number of nitrogens with zero attached hydrogens (tertiary/aromatic N) is 2. The van der Waals surface area contributed by atoms with Crippen molar-refractivity contribution in [2.45, 2.75) is 6.42 Å². The predicted molar refractivity (Wildman–Crippen MR) is 84.3 cm³/mol. The summed E-state index contributed by atoms with van der Waals surface area (Å²) >= 11 is 0. The second kappa shape index (κ2) is 7.11. The molecular weight excluding hydrogens is 280 g/mol. The van der Waals surface area contributed by atoms with E-state index in [-0.39, 0.29) is 5.91 Å². The van der Waals surface area contributed by atoms with E-state index in [1.807, 2.05) is 29.2 Å². The maximum absolute atomic E-state index is 12.5. The van der Waals surface area contributed by atoms with Gasteiger partial charge in [0.15, 0.2) is 0 Å². The highest BCUT2D eigenvalue weighted by molar-refractivity contribution is 5.94. The number of benzene rings is 1. The fraction of sp³-hybridized carbons (Fsp3) is 0.588. The second-order valence-corrected chi connectivity index (χ2v) is 6.05. The summed E-state index contributed by atoms with van der Waals surface area (Å²) in [5.41, 5.74) is 0.735. The quantitative estimate of drug-likeness (QED) is 0.845. The molecule has 1 aromatic carbocycles. The molecule has 0 spiro atoms. The Hall–Kier alpha value is -1.59. The standard InChI is InChI=1S/C17H24N2O3/c1-21-16-4-2-15(3-5-16)17(20)19-9-7-18(8-10-19)12-14-6-11-22-13-14/h2-5,14H,6-13H2,1H3/t14-/m1/s1. The minimum absolute atomic E-state index is 0.117. The van der Waals surface area contributed by atoms with Crippen LogP contribution in [0.4, 0.5) is 0 Å². The van der Waals surface area contributed by atoms with Crippen LogP contribution >= 0.6 is 0 Å². The fourth-order valence-corrected chi connectivity index (χ4v) is 3.14. The Morgan fingerprint density at radius 1 is 1.23 bits per heavy atom. The zero-order chi connectivity index (χ0) is 15.4. The van der Waals surface area contributed by atoms with Crippen LogP contribution in [0.25, 0.3) is 0 Å². The van der Waals surface area contributed by atoms with Crippen LogP contribution < -0.4 is 4.74 Å². The van der Waals surface area contributed by atoms with Crippen molar-refractivity contribution in [3.8, 4) is 5.75 Å². The Balaban J connectivity index is 1.50. The van der Waals surface area contributed by atoms with Crippen molar-refractivity contribution in [1.29, 1.82) is 0 Å². The van der Waals surface area contributed by atoms with Gasteiger partial charge < -0.3 is 14.4 Å². The maximum Gasteiger partial charge on any atom is 0.253 e. The SMILES string of the molecule is COc1ccc(C(=O)N2CCN(C[C@H]3CCOC3)CC2)cc1. The van der Waals surface area contributed by atoms with Gasteiger partial charge in [-0.2, -0.15) is 0 Å². The Bertz CT molecular complexity index is 489. The lowest BCUT2D eigenvalue weighted by Crippen LogP contribution is -2.49. The average Bonchev–Trinajstić information content (AvgIpc) is 3.08. The first-order chi connectivity index (χ1) is 10.8. The van der Waals surface area contributed by atoms with Crippen LogP contribution in [0.2, 0.25) is 0 Å². The number of methoxy groups -OCH3 is 1. The van der Waals surface area contributed by atoms with Gasteiger partial charge in [-0.1, -0.05) is 0 Å². The van der Waals surface area contributed by atoms with Gasteiger partial charge in [-0.15, -0.1) is 0 Å². The molecule has 2 fully saturated rings. The molecule has 2 aliphatic rings. The van der Waals surface area contributed by atoms with Crippen LogP contribution in [-0.4, -0.2) is 68.8 Å². The number of piperazine rings is 1. The third-order valence-corrected chi connectivity index (χ3v) is 4.54. The highest BCUT2D eigenvalue weighted by Gasteiger charge is 2.25. The van der Waals surface area contributed by atoms with E-state index < -0.39 is 0 Å². The summed E-state index contributed by atoms with van der Waals surface area (Å²) in [6.07, 6.45) is 1.17. The minimum atomic E-state index is 0.117. The Morgan fingerprint density at radius 3 is 2.55 bits per heavy atom. The number of rotatable bonds is 4. The van der Waals surface area contributed by atoms with E-state index in [9.17, 15) is 4.79 Å². The van der Waals surface area contributed by atoms with Crippen molar-refractivity contribution in [2.24, 2.45) is 5.92 Å². The molecule has 0 aliphatic carbocycles. The molecular formula is C17H24N2O3. The van der Waals surface area contributed by atoms with Gasteiger partial charge in [0.1, 0.15) is 5.75 Å². The lowest BCUT2D eigenvalue weighted by molar-refractivity contribution is 0.0611. The third kappa shape index (κ3) is 3.59. The van der Waals surface area contributed by atoms with E-state index in [4.69, 9.17) is 9.47 Å². The van der Waals surface area contributed by atoms with Crippen LogP contribution in [0, 0.1) is 5.92 Å². The van der Waals surface area contributed by atoms with Gasteiger partial charge in [-0.25, -0.2) is 0 Å². The second-order valence-electron chi connectivity index (χ2n) is 6.05. The molecule has 2 aliphatic heterocycles. The zero-order valence-electron chi connectivity index (χ0n) is 13.2. The molecule has 120 valence electrons. The summed E-state index contributed by atoms with van der Waals surface area (Å²) in [5, 5.41) is 0. The number of hydrogen-bond donors (Lipinski definition) is 0. The highest BCUT2D eigenvalue weighted by Crippen LogP contribution is 2.17. The number of ether oxygens (including phenoxy) is 2.